The summed E-state index contributed by atoms with van der Waals surface area (Å²) < 4.78 is 10.5. The first-order valence-corrected chi connectivity index (χ1v) is 5.90. The second-order valence-corrected chi connectivity index (χ2v) is 4.36. The third kappa shape index (κ3) is 2.95. The van der Waals surface area contributed by atoms with Crippen LogP contribution in [0.5, 0.6) is 0 Å². The number of carbonyl (C=O) groups is 2. The van der Waals surface area contributed by atoms with E-state index in [0.29, 0.717) is 19.8 Å². The number of carboxylic acids is 1. The fourth-order valence-electron chi connectivity index (χ4n) is 2.35. The van der Waals surface area contributed by atoms with Crippen molar-refractivity contribution in [1.82, 2.24) is 4.90 Å². The van der Waals surface area contributed by atoms with Crippen LogP contribution < -0.4 is 0 Å². The number of hydrogen-bond acceptors (Lipinski definition) is 4. The summed E-state index contributed by atoms with van der Waals surface area (Å²) in [4.78, 5) is 24.5. The minimum atomic E-state index is -0.865. The Hall–Kier alpha value is -1.14. The van der Waals surface area contributed by atoms with E-state index in [1.807, 2.05) is 0 Å². The lowest BCUT2D eigenvalue weighted by molar-refractivity contribution is -0.159. The molecule has 6 heteroatoms. The molecule has 0 spiro atoms. The molecule has 2 atom stereocenters. The summed E-state index contributed by atoms with van der Waals surface area (Å²) in [5.41, 5.74) is 0. The topological polar surface area (TPSA) is 76.1 Å². The van der Waals surface area contributed by atoms with Crippen LogP contribution in [0, 0.1) is 0 Å². The van der Waals surface area contributed by atoms with Crippen LogP contribution in [0.3, 0.4) is 0 Å². The summed E-state index contributed by atoms with van der Waals surface area (Å²) in [6.45, 7) is 1.84. The molecule has 2 saturated heterocycles. The number of nitrogens with zero attached hydrogens (tertiary/aromatic N) is 1. The Balaban J connectivity index is 1.94. The molecule has 2 aliphatic rings. The van der Waals surface area contributed by atoms with Crippen molar-refractivity contribution in [3.63, 3.8) is 0 Å². The second kappa shape index (κ2) is 5.46. The predicted octanol–water partition coefficient (Wildman–Crippen LogP) is -0.132. The molecule has 1 amide bonds. The van der Waals surface area contributed by atoms with E-state index in [9.17, 15) is 9.59 Å². The van der Waals surface area contributed by atoms with E-state index >= 15 is 0 Å². The highest BCUT2D eigenvalue weighted by atomic mass is 16.6. The van der Waals surface area contributed by atoms with Crippen molar-refractivity contribution in [1.29, 1.82) is 0 Å². The first-order valence-electron chi connectivity index (χ1n) is 5.90. The van der Waals surface area contributed by atoms with Crippen LogP contribution in [0.4, 0.5) is 0 Å². The van der Waals surface area contributed by atoms with Crippen molar-refractivity contribution in [3.8, 4) is 0 Å². The molecule has 2 aliphatic heterocycles. The van der Waals surface area contributed by atoms with Gasteiger partial charge in [-0.25, -0.2) is 0 Å². The molecule has 2 fully saturated rings. The van der Waals surface area contributed by atoms with Gasteiger partial charge in [0.2, 0.25) is 0 Å². The maximum absolute atomic E-state index is 12.1. The van der Waals surface area contributed by atoms with E-state index in [4.69, 9.17) is 14.6 Å². The molecule has 1 N–H and O–H groups in total. The van der Waals surface area contributed by atoms with Gasteiger partial charge >= 0.3 is 5.97 Å². The van der Waals surface area contributed by atoms with Crippen LogP contribution in [0.2, 0.25) is 0 Å². The summed E-state index contributed by atoms with van der Waals surface area (Å²) in [5, 5.41) is 8.79. The van der Waals surface area contributed by atoms with Crippen molar-refractivity contribution < 1.29 is 24.2 Å². The van der Waals surface area contributed by atoms with Crippen LogP contribution in [0.25, 0.3) is 0 Å². The van der Waals surface area contributed by atoms with E-state index in [-0.39, 0.29) is 25.0 Å². The minimum Gasteiger partial charge on any atom is -0.481 e. The number of likely N-dealkylation sites (tertiary alicyclic amines) is 1. The van der Waals surface area contributed by atoms with Gasteiger partial charge in [-0.1, -0.05) is 0 Å². The van der Waals surface area contributed by atoms with Gasteiger partial charge in [0.15, 0.2) is 6.10 Å². The Kier molecular flexibility index (Phi) is 3.96. The highest BCUT2D eigenvalue weighted by Gasteiger charge is 2.35. The molecule has 2 heterocycles. The maximum Gasteiger partial charge on any atom is 0.305 e. The van der Waals surface area contributed by atoms with Crippen molar-refractivity contribution in [2.24, 2.45) is 0 Å². The Morgan fingerprint density at radius 1 is 1.35 bits per heavy atom. The van der Waals surface area contributed by atoms with Gasteiger partial charge in [-0.15, -0.1) is 0 Å². The van der Waals surface area contributed by atoms with Gasteiger partial charge in [0.25, 0.3) is 5.91 Å². The van der Waals surface area contributed by atoms with Crippen LogP contribution >= 0.6 is 0 Å². The van der Waals surface area contributed by atoms with Crippen molar-refractivity contribution in [3.05, 3.63) is 0 Å². The Morgan fingerprint density at radius 3 is 2.82 bits per heavy atom. The maximum atomic E-state index is 12.1. The lowest BCUT2D eigenvalue weighted by atomic mass is 10.1. The van der Waals surface area contributed by atoms with Crippen LogP contribution in [0.15, 0.2) is 0 Å². The lowest BCUT2D eigenvalue weighted by Crippen LogP contribution is -2.47. The van der Waals surface area contributed by atoms with Crippen LogP contribution in [-0.2, 0) is 19.1 Å². The van der Waals surface area contributed by atoms with Crippen LogP contribution in [0.1, 0.15) is 19.3 Å². The first kappa shape index (κ1) is 12.3. The molecule has 0 aliphatic carbocycles. The molecular weight excluding hydrogens is 226 g/mol. The van der Waals surface area contributed by atoms with Gasteiger partial charge in [0, 0.05) is 12.6 Å². The summed E-state index contributed by atoms with van der Waals surface area (Å²) >= 11 is 0. The van der Waals surface area contributed by atoms with Gasteiger partial charge in [0.05, 0.1) is 26.2 Å². The number of hydrogen-bond donors (Lipinski definition) is 1. The zero-order valence-electron chi connectivity index (χ0n) is 9.63. The number of amides is 1. The molecule has 2 rings (SSSR count). The number of ether oxygens (including phenoxy) is 2. The molecule has 0 aromatic carbocycles. The van der Waals surface area contributed by atoms with Gasteiger partial charge in [-0.05, 0) is 12.8 Å². The third-order valence-corrected chi connectivity index (χ3v) is 3.16. The van der Waals surface area contributed by atoms with Gasteiger partial charge in [-0.3, -0.25) is 9.59 Å². The molecular formula is C11H17NO5. The quantitative estimate of drug-likeness (QED) is 0.747. The van der Waals surface area contributed by atoms with E-state index in [2.05, 4.69) is 0 Å². The highest BCUT2D eigenvalue weighted by Crippen LogP contribution is 2.22. The molecule has 0 aromatic heterocycles. The molecule has 0 radical (unpaired) electrons. The Labute approximate surface area is 99.5 Å². The summed E-state index contributed by atoms with van der Waals surface area (Å²) in [6.07, 6.45) is 1.07. The van der Waals surface area contributed by atoms with Gasteiger partial charge in [0.1, 0.15) is 0 Å². The van der Waals surface area contributed by atoms with Crippen molar-refractivity contribution in [2.45, 2.75) is 31.4 Å². The fraction of sp³-hybridized carbons (Fsp3) is 0.818. The van der Waals surface area contributed by atoms with Crippen molar-refractivity contribution in [2.75, 3.05) is 26.4 Å². The Morgan fingerprint density at radius 2 is 2.18 bits per heavy atom. The average Bonchev–Trinajstić information content (AvgIpc) is 2.76. The molecule has 2 unspecified atom stereocenters. The number of rotatable bonds is 3. The molecule has 6 nitrogen and oxygen atoms in total. The van der Waals surface area contributed by atoms with Crippen LogP contribution in [-0.4, -0.2) is 60.4 Å². The molecule has 0 bridgehead atoms. The minimum absolute atomic E-state index is 0.0132. The highest BCUT2D eigenvalue weighted by molar-refractivity contribution is 5.82. The van der Waals surface area contributed by atoms with E-state index in [1.54, 1.807) is 4.90 Å². The molecule has 17 heavy (non-hydrogen) atoms. The van der Waals surface area contributed by atoms with Crippen molar-refractivity contribution >= 4 is 11.9 Å². The second-order valence-electron chi connectivity index (χ2n) is 4.36. The smallest absolute Gasteiger partial charge is 0.305 e. The van der Waals surface area contributed by atoms with Gasteiger partial charge in [-0.2, -0.15) is 0 Å². The summed E-state index contributed by atoms with van der Waals surface area (Å²) in [5.74, 6) is -0.996. The summed E-state index contributed by atoms with van der Waals surface area (Å²) in [6, 6.07) is -0.189. The van der Waals surface area contributed by atoms with Gasteiger partial charge < -0.3 is 19.5 Å². The number of carboxylic acid groups (broad SMARTS) is 1. The zero-order chi connectivity index (χ0) is 12.3. The zero-order valence-corrected chi connectivity index (χ0v) is 9.63. The molecule has 0 saturated carbocycles. The normalized spacial score (nSPS) is 29.3. The van der Waals surface area contributed by atoms with E-state index in [0.717, 1.165) is 12.8 Å². The molecule has 0 aromatic rings. The Bertz CT molecular complexity index is 300. The number of carbonyl (C=O) groups excluding carboxylic acids is 1. The summed E-state index contributed by atoms with van der Waals surface area (Å²) in [7, 11) is 0. The predicted molar refractivity (Wildman–Crippen MR) is 57.5 cm³/mol. The standard InChI is InChI=1S/C11H17NO5/c13-10(14)6-8-2-1-3-12(8)11(15)9-7-16-4-5-17-9/h8-9H,1-7H2,(H,13,14). The number of aliphatic carboxylic acids is 1. The van der Waals surface area contributed by atoms with E-state index in [1.165, 1.54) is 0 Å². The first-order chi connectivity index (χ1) is 8.18. The lowest BCUT2D eigenvalue weighted by Gasteiger charge is -2.30. The average molecular weight is 243 g/mol. The SMILES string of the molecule is O=C(O)CC1CCCN1C(=O)C1COCCO1. The largest absolute Gasteiger partial charge is 0.481 e. The third-order valence-electron chi connectivity index (χ3n) is 3.16. The van der Waals surface area contributed by atoms with E-state index < -0.39 is 12.1 Å². The monoisotopic (exact) mass is 243 g/mol. The molecule has 96 valence electrons. The fourth-order valence-corrected chi connectivity index (χ4v) is 2.35.